The van der Waals surface area contributed by atoms with Gasteiger partial charge in [0, 0.05) is 61.1 Å². The summed E-state index contributed by atoms with van der Waals surface area (Å²) in [5, 5.41) is 5.89. The maximum atomic E-state index is 5.89. The molecule has 0 aliphatic carbocycles. The second-order valence-corrected chi connectivity index (χ2v) is 10.1. The highest BCUT2D eigenvalue weighted by molar-refractivity contribution is 5.85. The molecule has 1 unspecified atom stereocenters. The van der Waals surface area contributed by atoms with Crippen LogP contribution in [0.2, 0.25) is 0 Å². The lowest BCUT2D eigenvalue weighted by Crippen LogP contribution is -2.26. The Hall–Kier alpha value is -2.89. The smallest absolute Gasteiger partial charge is 0.150 e. The minimum atomic E-state index is 0.0857. The third-order valence-corrected chi connectivity index (χ3v) is 7.63. The van der Waals surface area contributed by atoms with Crippen molar-refractivity contribution >= 4 is 10.9 Å². The fourth-order valence-corrected chi connectivity index (χ4v) is 5.78. The fourth-order valence-electron chi connectivity index (χ4n) is 5.78. The topological polar surface area (TPSA) is 35.2 Å². The van der Waals surface area contributed by atoms with Gasteiger partial charge in [-0.2, -0.15) is 5.10 Å². The summed E-state index contributed by atoms with van der Waals surface area (Å²) >= 11 is 0. The largest absolute Gasteiger partial charge is 0.357 e. The molecule has 0 spiro atoms. The first-order valence-corrected chi connectivity index (χ1v) is 12.8. The summed E-state index contributed by atoms with van der Waals surface area (Å²) in [6.07, 6.45) is 11.1. The molecule has 3 atom stereocenters. The zero-order chi connectivity index (χ0) is 22.9. The number of hydrogen-bond donors (Lipinski definition) is 0. The van der Waals surface area contributed by atoms with E-state index in [1.807, 2.05) is 10.9 Å². The van der Waals surface area contributed by atoms with Gasteiger partial charge in [0.2, 0.25) is 0 Å². The Morgan fingerprint density at radius 2 is 1.94 bits per heavy atom. The zero-order valence-electron chi connectivity index (χ0n) is 20.0. The van der Waals surface area contributed by atoms with Crippen molar-refractivity contribution < 1.29 is 4.74 Å². The van der Waals surface area contributed by atoms with Gasteiger partial charge in [0.05, 0.1) is 6.20 Å². The van der Waals surface area contributed by atoms with Crippen LogP contribution in [0.3, 0.4) is 0 Å². The lowest BCUT2D eigenvalue weighted by Gasteiger charge is -2.22. The highest BCUT2D eigenvalue weighted by Gasteiger charge is 2.29. The highest BCUT2D eigenvalue weighted by atomic mass is 16.5. The van der Waals surface area contributed by atoms with Crippen molar-refractivity contribution in [2.75, 3.05) is 13.2 Å². The van der Waals surface area contributed by atoms with Gasteiger partial charge in [-0.1, -0.05) is 36.4 Å². The van der Waals surface area contributed by atoms with Crippen molar-refractivity contribution in [3.05, 3.63) is 78.8 Å². The van der Waals surface area contributed by atoms with Gasteiger partial charge in [0.25, 0.3) is 0 Å². The molecule has 2 aliphatic heterocycles. The minimum Gasteiger partial charge on any atom is -0.357 e. The van der Waals surface area contributed by atoms with Crippen LogP contribution < -0.4 is 0 Å². The van der Waals surface area contributed by atoms with Gasteiger partial charge in [0.1, 0.15) is 6.23 Å². The lowest BCUT2D eigenvalue weighted by atomic mass is 10.1. The van der Waals surface area contributed by atoms with Gasteiger partial charge in [-0.05, 0) is 67.9 Å². The van der Waals surface area contributed by atoms with E-state index >= 15 is 0 Å². The molecule has 0 amide bonds. The molecule has 0 radical (unpaired) electrons. The van der Waals surface area contributed by atoms with Crippen molar-refractivity contribution in [1.82, 2.24) is 19.2 Å². The maximum absolute atomic E-state index is 5.89. The van der Waals surface area contributed by atoms with Gasteiger partial charge < -0.3 is 9.30 Å². The molecule has 6 rings (SSSR count). The molecule has 2 aromatic heterocycles. The first kappa shape index (κ1) is 21.6. The highest BCUT2D eigenvalue weighted by Crippen LogP contribution is 2.30. The predicted octanol–water partition coefficient (Wildman–Crippen LogP) is 6.11. The molecule has 2 aromatic carbocycles. The summed E-state index contributed by atoms with van der Waals surface area (Å²) in [6, 6.07) is 20.6. The first-order chi connectivity index (χ1) is 16.7. The van der Waals surface area contributed by atoms with Crippen LogP contribution in [-0.4, -0.2) is 38.4 Å². The van der Waals surface area contributed by atoms with Gasteiger partial charge in [-0.3, -0.25) is 4.90 Å². The Labute approximate surface area is 201 Å². The van der Waals surface area contributed by atoms with Crippen LogP contribution in [0.4, 0.5) is 0 Å². The molecule has 2 saturated heterocycles. The van der Waals surface area contributed by atoms with Crippen LogP contribution in [0.15, 0.2) is 73.2 Å². The molecule has 34 heavy (non-hydrogen) atoms. The van der Waals surface area contributed by atoms with E-state index in [1.165, 1.54) is 34.9 Å². The molecule has 0 saturated carbocycles. The average molecular weight is 455 g/mol. The maximum Gasteiger partial charge on any atom is 0.150 e. The molecule has 0 N–H and O–H groups in total. The summed E-state index contributed by atoms with van der Waals surface area (Å²) in [6.45, 7) is 6.50. The Balaban J connectivity index is 1.14. The Morgan fingerprint density at radius 1 is 1.03 bits per heavy atom. The third kappa shape index (κ3) is 4.42. The molecule has 0 bridgehead atoms. The summed E-state index contributed by atoms with van der Waals surface area (Å²) in [7, 11) is 0. The lowest BCUT2D eigenvalue weighted by molar-refractivity contribution is -0.0394. The van der Waals surface area contributed by atoms with Crippen molar-refractivity contribution in [1.29, 1.82) is 0 Å². The van der Waals surface area contributed by atoms with Gasteiger partial charge in [0.15, 0.2) is 0 Å². The molecule has 2 aliphatic rings. The minimum absolute atomic E-state index is 0.0857. The number of rotatable bonds is 6. The number of likely N-dealkylation sites (tertiary alicyclic amines) is 1. The van der Waals surface area contributed by atoms with Crippen LogP contribution in [0.1, 0.15) is 44.4 Å². The van der Waals surface area contributed by atoms with Crippen molar-refractivity contribution in [2.45, 2.75) is 58.0 Å². The van der Waals surface area contributed by atoms with Crippen molar-refractivity contribution in [3.8, 4) is 11.1 Å². The van der Waals surface area contributed by atoms with Gasteiger partial charge >= 0.3 is 0 Å². The van der Waals surface area contributed by atoms with Gasteiger partial charge in [-0.25, -0.2) is 4.68 Å². The molecule has 2 fully saturated rings. The van der Waals surface area contributed by atoms with Crippen LogP contribution in [0.5, 0.6) is 0 Å². The summed E-state index contributed by atoms with van der Waals surface area (Å²) in [5.41, 5.74) is 5.11. The monoisotopic (exact) mass is 454 g/mol. The third-order valence-electron chi connectivity index (χ3n) is 7.63. The summed E-state index contributed by atoms with van der Waals surface area (Å²) in [4.78, 5) is 2.64. The van der Waals surface area contributed by atoms with E-state index in [0.29, 0.717) is 12.0 Å². The SMILES string of the molecule is C[C@H]1C[C@@H](Cn2ccc3cc(-c4cnn(C5CCCCO5)c4)ccc32)CN1Cc1ccccc1. The van der Waals surface area contributed by atoms with E-state index in [-0.39, 0.29) is 6.23 Å². The first-order valence-electron chi connectivity index (χ1n) is 12.8. The Kier molecular flexibility index (Phi) is 5.98. The van der Waals surface area contributed by atoms with E-state index in [2.05, 4.69) is 88.5 Å². The normalized spacial score (nSPS) is 23.6. The van der Waals surface area contributed by atoms with Gasteiger partial charge in [-0.15, -0.1) is 0 Å². The van der Waals surface area contributed by atoms with E-state index in [0.717, 1.165) is 44.6 Å². The summed E-state index contributed by atoms with van der Waals surface area (Å²) in [5.74, 6) is 0.683. The summed E-state index contributed by atoms with van der Waals surface area (Å²) < 4.78 is 10.3. The molecule has 176 valence electrons. The second-order valence-electron chi connectivity index (χ2n) is 10.1. The van der Waals surface area contributed by atoms with Crippen molar-refractivity contribution in [2.24, 2.45) is 5.92 Å². The van der Waals surface area contributed by atoms with E-state index in [4.69, 9.17) is 4.74 Å². The molecular weight excluding hydrogens is 420 g/mol. The number of hydrogen-bond acceptors (Lipinski definition) is 3. The van der Waals surface area contributed by atoms with E-state index < -0.39 is 0 Å². The van der Waals surface area contributed by atoms with E-state index in [1.54, 1.807) is 0 Å². The molecule has 5 nitrogen and oxygen atoms in total. The molecule has 5 heteroatoms. The van der Waals surface area contributed by atoms with Crippen LogP contribution >= 0.6 is 0 Å². The molecule has 4 heterocycles. The Morgan fingerprint density at radius 3 is 2.79 bits per heavy atom. The van der Waals surface area contributed by atoms with Crippen molar-refractivity contribution in [3.63, 3.8) is 0 Å². The van der Waals surface area contributed by atoms with Crippen LogP contribution in [0, 0.1) is 5.92 Å². The fraction of sp³-hybridized carbons (Fsp3) is 0.414. The van der Waals surface area contributed by atoms with Crippen LogP contribution in [-0.2, 0) is 17.8 Å². The predicted molar refractivity (Wildman–Crippen MR) is 136 cm³/mol. The average Bonchev–Trinajstić information content (AvgIpc) is 3.60. The second kappa shape index (κ2) is 9.40. The number of aromatic nitrogens is 3. The Bertz CT molecular complexity index is 1240. The standard InChI is InChI=1S/C29H34N4O/c1-22-15-24(20-32(22)18-23-7-3-2-4-8-23)19-31-13-12-26-16-25(10-11-28(26)31)27-17-30-33(21-27)29-9-5-6-14-34-29/h2-4,7-8,10-13,16-17,21-22,24,29H,5-6,9,14-15,18-20H2,1H3/t22-,24-,29?/m0/s1. The zero-order valence-corrected chi connectivity index (χ0v) is 20.0. The van der Waals surface area contributed by atoms with E-state index in [9.17, 15) is 0 Å². The molecule has 4 aromatic rings. The number of ether oxygens (including phenoxy) is 1. The number of fused-ring (bicyclic) bond motifs is 1. The quantitative estimate of drug-likeness (QED) is 0.352. The van der Waals surface area contributed by atoms with Crippen LogP contribution in [0.25, 0.3) is 22.0 Å². The molecular formula is C29H34N4O. The number of nitrogens with zero attached hydrogens (tertiary/aromatic N) is 4. The number of benzene rings is 2.